The first kappa shape index (κ1) is 33.4. The number of hydrogen-bond acceptors (Lipinski definition) is 8. The molecule has 3 N–H and O–H groups in total. The van der Waals surface area contributed by atoms with Gasteiger partial charge in [-0.1, -0.05) is 42.8 Å². The van der Waals surface area contributed by atoms with Gasteiger partial charge in [-0.05, 0) is 65.8 Å². The van der Waals surface area contributed by atoms with Crippen molar-refractivity contribution in [1.82, 2.24) is 4.90 Å². The number of unbranched alkanes of at least 4 members (excludes halogenated alkanes) is 2. The number of fused-ring (bicyclic) bond motifs is 1. The Bertz CT molecular complexity index is 1460. The number of carboxylic acid groups (broad SMARTS) is 1. The minimum absolute atomic E-state index is 0.0130. The van der Waals surface area contributed by atoms with Gasteiger partial charge in [0.15, 0.2) is 17.8 Å². The van der Waals surface area contributed by atoms with Crippen LogP contribution in [0.25, 0.3) is 0 Å². The summed E-state index contributed by atoms with van der Waals surface area (Å²) in [6.07, 6.45) is 3.09. The summed E-state index contributed by atoms with van der Waals surface area (Å²) < 4.78 is 24.1. The molecular formula is C36H44N2O8. The van der Waals surface area contributed by atoms with Gasteiger partial charge in [0.1, 0.15) is 0 Å². The highest BCUT2D eigenvalue weighted by molar-refractivity contribution is 5.90. The van der Waals surface area contributed by atoms with E-state index in [-0.39, 0.29) is 31.1 Å². The van der Waals surface area contributed by atoms with Crippen LogP contribution in [0.4, 0.5) is 5.69 Å². The van der Waals surface area contributed by atoms with Crippen LogP contribution in [-0.2, 0) is 38.6 Å². The smallest absolute Gasteiger partial charge is 0.303 e. The lowest BCUT2D eigenvalue weighted by molar-refractivity contribution is -0.253. The third-order valence-corrected chi connectivity index (χ3v) is 8.63. The number of amides is 1. The number of carbonyl (C=O) groups is 2. The van der Waals surface area contributed by atoms with E-state index in [1.165, 1.54) is 11.1 Å². The molecule has 0 saturated carbocycles. The summed E-state index contributed by atoms with van der Waals surface area (Å²) >= 11 is 0. The third-order valence-electron chi connectivity index (χ3n) is 8.63. The van der Waals surface area contributed by atoms with Gasteiger partial charge in [-0.3, -0.25) is 14.5 Å². The predicted molar refractivity (Wildman–Crippen MR) is 173 cm³/mol. The van der Waals surface area contributed by atoms with Gasteiger partial charge < -0.3 is 34.5 Å². The van der Waals surface area contributed by atoms with Crippen LogP contribution in [0.15, 0.2) is 60.7 Å². The van der Waals surface area contributed by atoms with Gasteiger partial charge in [0, 0.05) is 50.1 Å². The molecule has 10 nitrogen and oxygen atoms in total. The second-order valence-corrected chi connectivity index (χ2v) is 11.9. The molecule has 0 unspecified atom stereocenters. The standard InChI is InChI=1S/C36H44N2O8/c1-43-32-18-27-16-17-38(21-28(27)19-33(32)44-2)22-30-20-31(25-10-8-24(23-39)9-11-25)46-36(45-30)26-12-14-29(15-13-26)37-34(40)6-4-3-5-7-35(41)42/h8-15,18-19,30-31,36,39H,3-7,16-17,20-23H2,1-2H3,(H,37,40)(H,41,42)/t30-,31+,36+/m0/s1. The molecule has 0 spiro atoms. The lowest BCUT2D eigenvalue weighted by Gasteiger charge is -2.39. The molecule has 3 aromatic rings. The number of carbonyl (C=O) groups excluding carboxylic acids is 1. The van der Waals surface area contributed by atoms with E-state index in [2.05, 4.69) is 22.3 Å². The number of aliphatic hydroxyl groups is 1. The Morgan fingerprint density at radius 2 is 1.57 bits per heavy atom. The van der Waals surface area contributed by atoms with Crippen LogP contribution in [-0.4, -0.2) is 60.4 Å². The van der Waals surface area contributed by atoms with E-state index in [1.807, 2.05) is 48.5 Å². The van der Waals surface area contributed by atoms with Crippen molar-refractivity contribution in [3.05, 3.63) is 88.5 Å². The number of rotatable bonds is 14. The molecule has 0 radical (unpaired) electrons. The molecule has 10 heteroatoms. The minimum atomic E-state index is -0.813. The Labute approximate surface area is 270 Å². The molecule has 2 aliphatic rings. The quantitative estimate of drug-likeness (QED) is 0.190. The summed E-state index contributed by atoms with van der Waals surface area (Å²) in [5.74, 6) is 0.567. The molecule has 3 atom stereocenters. The summed E-state index contributed by atoms with van der Waals surface area (Å²) in [6.45, 7) is 2.41. The van der Waals surface area contributed by atoms with Crippen molar-refractivity contribution in [3.8, 4) is 11.5 Å². The number of nitrogens with one attached hydrogen (secondary N) is 1. The molecule has 1 saturated heterocycles. The van der Waals surface area contributed by atoms with E-state index in [1.54, 1.807) is 14.2 Å². The van der Waals surface area contributed by atoms with Crippen molar-refractivity contribution in [2.24, 2.45) is 0 Å². The van der Waals surface area contributed by atoms with E-state index < -0.39 is 12.3 Å². The molecular weight excluding hydrogens is 588 g/mol. The second kappa shape index (κ2) is 16.0. The summed E-state index contributed by atoms with van der Waals surface area (Å²) in [6, 6.07) is 19.5. The lowest BCUT2D eigenvalue weighted by atomic mass is 9.97. The van der Waals surface area contributed by atoms with Crippen LogP contribution >= 0.6 is 0 Å². The van der Waals surface area contributed by atoms with E-state index in [9.17, 15) is 14.7 Å². The minimum Gasteiger partial charge on any atom is -0.493 e. The van der Waals surface area contributed by atoms with Crippen molar-refractivity contribution in [1.29, 1.82) is 0 Å². The maximum Gasteiger partial charge on any atom is 0.303 e. The first-order chi connectivity index (χ1) is 22.3. The summed E-state index contributed by atoms with van der Waals surface area (Å²) in [4.78, 5) is 25.5. The Morgan fingerprint density at radius 3 is 2.24 bits per heavy atom. The lowest BCUT2D eigenvalue weighted by Crippen LogP contribution is -2.41. The number of anilines is 1. The molecule has 0 aliphatic carbocycles. The number of hydrogen-bond donors (Lipinski definition) is 3. The average molecular weight is 633 g/mol. The molecule has 1 fully saturated rings. The Hall–Kier alpha value is -3.96. The van der Waals surface area contributed by atoms with Crippen molar-refractivity contribution >= 4 is 17.6 Å². The number of ether oxygens (including phenoxy) is 4. The molecule has 5 rings (SSSR count). The number of carboxylic acids is 1. The molecule has 0 bridgehead atoms. The molecule has 246 valence electrons. The van der Waals surface area contributed by atoms with Gasteiger partial charge in [-0.25, -0.2) is 0 Å². The SMILES string of the molecule is COc1cc2c(cc1OC)CN(C[C@@H]1C[C@H](c3ccc(CO)cc3)O[C@H](c3ccc(NC(=O)CCCCCC(=O)O)cc3)O1)CC2. The average Bonchev–Trinajstić information content (AvgIpc) is 3.07. The number of nitrogens with zero attached hydrogens (tertiary/aromatic N) is 1. The van der Waals surface area contributed by atoms with Crippen LogP contribution in [0, 0.1) is 0 Å². The fraction of sp³-hybridized carbons (Fsp3) is 0.444. The van der Waals surface area contributed by atoms with Gasteiger partial charge in [-0.2, -0.15) is 0 Å². The van der Waals surface area contributed by atoms with Crippen molar-refractivity contribution in [2.75, 3.05) is 32.6 Å². The Kier molecular flexibility index (Phi) is 11.7. The van der Waals surface area contributed by atoms with Crippen LogP contribution in [0.3, 0.4) is 0 Å². The first-order valence-corrected chi connectivity index (χ1v) is 15.9. The molecule has 46 heavy (non-hydrogen) atoms. The number of benzene rings is 3. The Balaban J connectivity index is 1.25. The molecule has 3 aromatic carbocycles. The van der Waals surface area contributed by atoms with Gasteiger partial charge >= 0.3 is 5.97 Å². The first-order valence-electron chi connectivity index (χ1n) is 15.9. The highest BCUT2D eigenvalue weighted by Crippen LogP contribution is 2.39. The number of aliphatic carboxylic acids is 1. The van der Waals surface area contributed by atoms with Gasteiger partial charge in [0.25, 0.3) is 0 Å². The summed E-state index contributed by atoms with van der Waals surface area (Å²) in [5, 5.41) is 21.2. The van der Waals surface area contributed by atoms with Gasteiger partial charge in [-0.15, -0.1) is 0 Å². The molecule has 2 heterocycles. The van der Waals surface area contributed by atoms with Crippen molar-refractivity contribution in [2.45, 2.75) is 76.6 Å². The highest BCUT2D eigenvalue weighted by atomic mass is 16.7. The molecule has 0 aromatic heterocycles. The zero-order valence-electron chi connectivity index (χ0n) is 26.6. The normalized spacial score (nSPS) is 19.7. The predicted octanol–water partition coefficient (Wildman–Crippen LogP) is 5.77. The maximum absolute atomic E-state index is 12.4. The maximum atomic E-state index is 12.4. The van der Waals surface area contributed by atoms with E-state index >= 15 is 0 Å². The highest BCUT2D eigenvalue weighted by Gasteiger charge is 2.34. The van der Waals surface area contributed by atoms with Crippen molar-refractivity contribution in [3.63, 3.8) is 0 Å². The van der Waals surface area contributed by atoms with Crippen molar-refractivity contribution < 1.29 is 38.7 Å². The zero-order valence-corrected chi connectivity index (χ0v) is 26.6. The fourth-order valence-electron chi connectivity index (χ4n) is 6.10. The molecule has 1 amide bonds. The Morgan fingerprint density at radius 1 is 0.891 bits per heavy atom. The van der Waals surface area contributed by atoms with Gasteiger partial charge in [0.2, 0.25) is 5.91 Å². The largest absolute Gasteiger partial charge is 0.493 e. The number of methoxy groups -OCH3 is 2. The van der Waals surface area contributed by atoms with Crippen LogP contribution in [0.1, 0.15) is 78.7 Å². The fourth-order valence-corrected chi connectivity index (χ4v) is 6.10. The summed E-state index contributed by atoms with van der Waals surface area (Å²) in [5.41, 5.74) is 5.91. The third kappa shape index (κ3) is 8.85. The van der Waals surface area contributed by atoms with Crippen LogP contribution in [0.5, 0.6) is 11.5 Å². The summed E-state index contributed by atoms with van der Waals surface area (Å²) in [7, 11) is 3.31. The second-order valence-electron chi connectivity index (χ2n) is 11.9. The van der Waals surface area contributed by atoms with E-state index in [0.29, 0.717) is 37.8 Å². The van der Waals surface area contributed by atoms with Crippen LogP contribution in [0.2, 0.25) is 0 Å². The van der Waals surface area contributed by atoms with Crippen LogP contribution < -0.4 is 14.8 Å². The van der Waals surface area contributed by atoms with E-state index in [0.717, 1.165) is 54.2 Å². The topological polar surface area (TPSA) is 127 Å². The zero-order chi connectivity index (χ0) is 32.5. The molecule has 2 aliphatic heterocycles. The van der Waals surface area contributed by atoms with Gasteiger partial charge in [0.05, 0.1) is 33.0 Å². The number of aliphatic hydroxyl groups excluding tert-OH is 1. The monoisotopic (exact) mass is 632 g/mol. The van der Waals surface area contributed by atoms with E-state index in [4.69, 9.17) is 24.1 Å².